The normalized spacial score (nSPS) is 17.2. The molecule has 1 saturated heterocycles. The number of nitriles is 1. The quantitative estimate of drug-likeness (QED) is 0.754. The molecule has 2 N–H and O–H groups in total. The predicted octanol–water partition coefficient (Wildman–Crippen LogP) is 0.738. The Bertz CT molecular complexity index is 623. The monoisotopic (exact) mass is 315 g/mol. The topological polar surface area (TPSA) is 98.1 Å². The van der Waals surface area contributed by atoms with Crippen molar-refractivity contribution in [2.24, 2.45) is 5.92 Å². The molecule has 0 unspecified atom stereocenters. The van der Waals surface area contributed by atoms with Crippen LogP contribution in [-0.2, 0) is 9.59 Å². The van der Waals surface area contributed by atoms with Gasteiger partial charge in [-0.1, -0.05) is 0 Å². The molecule has 1 aromatic rings. The molecule has 7 heteroatoms. The summed E-state index contributed by atoms with van der Waals surface area (Å²) in [5, 5.41) is 14.8. The van der Waals surface area contributed by atoms with Crippen molar-refractivity contribution < 1.29 is 9.59 Å². The molecule has 122 valence electrons. The maximum absolute atomic E-state index is 12.1. The van der Waals surface area contributed by atoms with E-state index in [9.17, 15) is 9.59 Å². The number of nitrogens with zero attached hydrogens (tertiary/aromatic N) is 3. The zero-order valence-corrected chi connectivity index (χ0v) is 13.4. The first-order chi connectivity index (χ1) is 11.0. The Hall–Kier alpha value is -2.62. The Labute approximate surface area is 135 Å². The van der Waals surface area contributed by atoms with Crippen molar-refractivity contribution in [3.05, 3.63) is 23.9 Å². The molecule has 1 atom stereocenters. The average molecular weight is 315 g/mol. The minimum atomic E-state index is -0.283. The molecule has 2 rings (SSSR count). The summed E-state index contributed by atoms with van der Waals surface area (Å²) in [4.78, 5) is 29.7. The fourth-order valence-electron chi connectivity index (χ4n) is 2.55. The molecule has 0 spiro atoms. The van der Waals surface area contributed by atoms with Gasteiger partial charge < -0.3 is 15.5 Å². The molecule has 1 aliphatic heterocycles. The summed E-state index contributed by atoms with van der Waals surface area (Å²) in [6, 6.07) is 5.55. The van der Waals surface area contributed by atoms with E-state index in [-0.39, 0.29) is 30.2 Å². The molecule has 0 radical (unpaired) electrons. The van der Waals surface area contributed by atoms with Crippen LogP contribution >= 0.6 is 0 Å². The van der Waals surface area contributed by atoms with E-state index < -0.39 is 0 Å². The van der Waals surface area contributed by atoms with E-state index in [1.165, 1.54) is 0 Å². The first kappa shape index (κ1) is 16.7. The van der Waals surface area contributed by atoms with Crippen LogP contribution < -0.4 is 10.6 Å². The predicted molar refractivity (Wildman–Crippen MR) is 85.4 cm³/mol. The lowest BCUT2D eigenvalue weighted by molar-refractivity contribution is -0.129. The molecule has 2 amide bonds. The second kappa shape index (κ2) is 7.58. The standard InChI is InChI=1S/C16H21N5O2/c1-11(2)21-10-13(8-14(21)22)16(23)20-7-6-19-15-12(9-17)4-3-5-18-15/h3-5,11,13H,6-8,10H2,1-2H3,(H,18,19)(H,20,23)/t13-/m0/s1. The summed E-state index contributed by atoms with van der Waals surface area (Å²) in [5.74, 6) is 0.149. The smallest absolute Gasteiger partial charge is 0.225 e. The van der Waals surface area contributed by atoms with Crippen LogP contribution in [0.25, 0.3) is 0 Å². The van der Waals surface area contributed by atoms with Crippen LogP contribution in [0.2, 0.25) is 0 Å². The molecular weight excluding hydrogens is 294 g/mol. The van der Waals surface area contributed by atoms with E-state index in [0.717, 1.165) is 0 Å². The van der Waals surface area contributed by atoms with Gasteiger partial charge in [0.1, 0.15) is 11.9 Å². The number of nitrogens with one attached hydrogen (secondary N) is 2. The highest BCUT2D eigenvalue weighted by Gasteiger charge is 2.35. The van der Waals surface area contributed by atoms with Crippen molar-refractivity contribution in [2.75, 3.05) is 25.0 Å². The lowest BCUT2D eigenvalue weighted by Crippen LogP contribution is -2.37. The second-order valence-electron chi connectivity index (χ2n) is 5.77. The summed E-state index contributed by atoms with van der Waals surface area (Å²) in [6.07, 6.45) is 1.88. The molecule has 1 aliphatic rings. The van der Waals surface area contributed by atoms with E-state index in [1.54, 1.807) is 23.2 Å². The maximum Gasteiger partial charge on any atom is 0.225 e. The molecule has 0 aromatic carbocycles. The van der Waals surface area contributed by atoms with Crippen LogP contribution in [0.1, 0.15) is 25.8 Å². The van der Waals surface area contributed by atoms with E-state index >= 15 is 0 Å². The molecule has 0 saturated carbocycles. The minimum absolute atomic E-state index is 0.0328. The number of anilines is 1. The maximum atomic E-state index is 12.1. The van der Waals surface area contributed by atoms with Gasteiger partial charge in [0.2, 0.25) is 11.8 Å². The van der Waals surface area contributed by atoms with Crippen molar-refractivity contribution in [1.82, 2.24) is 15.2 Å². The van der Waals surface area contributed by atoms with Crippen molar-refractivity contribution in [2.45, 2.75) is 26.3 Å². The first-order valence-corrected chi connectivity index (χ1v) is 7.69. The zero-order chi connectivity index (χ0) is 16.8. The number of amides is 2. The largest absolute Gasteiger partial charge is 0.367 e. The molecule has 7 nitrogen and oxygen atoms in total. The Morgan fingerprint density at radius 2 is 2.30 bits per heavy atom. The Morgan fingerprint density at radius 1 is 1.52 bits per heavy atom. The highest BCUT2D eigenvalue weighted by Crippen LogP contribution is 2.20. The van der Waals surface area contributed by atoms with Crippen LogP contribution in [0, 0.1) is 17.2 Å². The molecule has 1 aromatic heterocycles. The van der Waals surface area contributed by atoms with E-state index in [1.807, 2.05) is 13.8 Å². The number of rotatable bonds is 6. The fourth-order valence-corrected chi connectivity index (χ4v) is 2.55. The number of aromatic nitrogens is 1. The molecule has 1 fully saturated rings. The molecular formula is C16H21N5O2. The summed E-state index contributed by atoms with van der Waals surface area (Å²) in [5.41, 5.74) is 0.466. The third-order valence-electron chi connectivity index (χ3n) is 3.80. The van der Waals surface area contributed by atoms with Gasteiger partial charge in [0.25, 0.3) is 0 Å². The lowest BCUT2D eigenvalue weighted by atomic mass is 10.1. The number of carbonyl (C=O) groups excluding carboxylic acids is 2. The van der Waals surface area contributed by atoms with Crippen molar-refractivity contribution >= 4 is 17.6 Å². The Morgan fingerprint density at radius 3 is 2.96 bits per heavy atom. The van der Waals surface area contributed by atoms with E-state index in [2.05, 4.69) is 21.7 Å². The van der Waals surface area contributed by atoms with Crippen molar-refractivity contribution in [3.8, 4) is 6.07 Å². The summed E-state index contributed by atoms with van der Waals surface area (Å²) in [7, 11) is 0. The van der Waals surface area contributed by atoms with Gasteiger partial charge in [-0.05, 0) is 26.0 Å². The molecule has 23 heavy (non-hydrogen) atoms. The summed E-state index contributed by atoms with van der Waals surface area (Å²) in [6.45, 7) is 5.25. The van der Waals surface area contributed by atoms with Gasteiger partial charge in [-0.3, -0.25) is 9.59 Å². The van der Waals surface area contributed by atoms with Crippen LogP contribution in [-0.4, -0.2) is 47.4 Å². The van der Waals surface area contributed by atoms with Gasteiger partial charge in [-0.25, -0.2) is 4.98 Å². The van der Waals surface area contributed by atoms with Crippen LogP contribution in [0.15, 0.2) is 18.3 Å². The third kappa shape index (κ3) is 4.19. The SMILES string of the molecule is CC(C)N1C[C@@H](C(=O)NCCNc2ncccc2C#N)CC1=O. The average Bonchev–Trinajstić information content (AvgIpc) is 2.94. The fraction of sp³-hybridized carbons (Fsp3) is 0.500. The number of hydrogen-bond donors (Lipinski definition) is 2. The van der Waals surface area contributed by atoms with Gasteiger partial charge >= 0.3 is 0 Å². The highest BCUT2D eigenvalue weighted by molar-refractivity contribution is 5.89. The summed E-state index contributed by atoms with van der Waals surface area (Å²) >= 11 is 0. The second-order valence-corrected chi connectivity index (χ2v) is 5.77. The Kier molecular flexibility index (Phi) is 5.52. The third-order valence-corrected chi connectivity index (χ3v) is 3.80. The van der Waals surface area contributed by atoms with Gasteiger partial charge in [0.05, 0.1) is 11.5 Å². The van der Waals surface area contributed by atoms with E-state index in [0.29, 0.717) is 31.0 Å². The molecule has 0 aliphatic carbocycles. The summed E-state index contributed by atoms with van der Waals surface area (Å²) < 4.78 is 0. The van der Waals surface area contributed by atoms with Gasteiger partial charge in [0.15, 0.2) is 0 Å². The van der Waals surface area contributed by atoms with Crippen LogP contribution in [0.4, 0.5) is 5.82 Å². The lowest BCUT2D eigenvalue weighted by Gasteiger charge is -2.20. The number of pyridine rings is 1. The first-order valence-electron chi connectivity index (χ1n) is 7.69. The number of carbonyl (C=O) groups is 2. The van der Waals surface area contributed by atoms with Gasteiger partial charge in [-0.15, -0.1) is 0 Å². The molecule has 0 bridgehead atoms. The molecule has 2 heterocycles. The van der Waals surface area contributed by atoms with Crippen molar-refractivity contribution in [3.63, 3.8) is 0 Å². The number of likely N-dealkylation sites (tertiary alicyclic amines) is 1. The highest BCUT2D eigenvalue weighted by atomic mass is 16.2. The van der Waals surface area contributed by atoms with Crippen LogP contribution in [0.3, 0.4) is 0 Å². The zero-order valence-electron chi connectivity index (χ0n) is 13.4. The van der Waals surface area contributed by atoms with Gasteiger partial charge in [0, 0.05) is 38.3 Å². The minimum Gasteiger partial charge on any atom is -0.367 e. The van der Waals surface area contributed by atoms with Crippen LogP contribution in [0.5, 0.6) is 0 Å². The van der Waals surface area contributed by atoms with Crippen molar-refractivity contribution in [1.29, 1.82) is 5.26 Å². The number of hydrogen-bond acceptors (Lipinski definition) is 5. The Balaban J connectivity index is 1.76. The van der Waals surface area contributed by atoms with E-state index in [4.69, 9.17) is 5.26 Å². The van der Waals surface area contributed by atoms with Gasteiger partial charge in [-0.2, -0.15) is 5.26 Å².